The molecule has 1 aliphatic heterocycles. The van der Waals surface area contributed by atoms with Crippen LogP contribution < -0.4 is 5.73 Å². The van der Waals surface area contributed by atoms with E-state index in [4.69, 9.17) is 5.73 Å². The molecule has 0 saturated carbocycles. The molecule has 0 aliphatic carbocycles. The van der Waals surface area contributed by atoms with Crippen LogP contribution in [-0.4, -0.2) is 29.9 Å². The summed E-state index contributed by atoms with van der Waals surface area (Å²) in [5, 5.41) is 0. The minimum Gasteiger partial charge on any atom is -0.341 e. The van der Waals surface area contributed by atoms with Crippen LogP contribution in [0.2, 0.25) is 0 Å². The average molecular weight is 184 g/mol. The maximum Gasteiger partial charge on any atom is 0.222 e. The van der Waals surface area contributed by atoms with E-state index >= 15 is 0 Å². The Hall–Kier alpha value is -0.570. The molecule has 3 heteroatoms. The molecule has 0 unspecified atom stereocenters. The minimum absolute atomic E-state index is 0.218. The lowest BCUT2D eigenvalue weighted by molar-refractivity contribution is -0.130. The molecule has 1 heterocycles. The van der Waals surface area contributed by atoms with E-state index in [1.165, 1.54) is 6.42 Å². The molecule has 3 nitrogen and oxygen atoms in total. The zero-order valence-electron chi connectivity index (χ0n) is 8.46. The number of hydrogen-bond donors (Lipinski definition) is 1. The van der Waals surface area contributed by atoms with Crippen LogP contribution in [0.5, 0.6) is 0 Å². The molecule has 0 radical (unpaired) electrons. The van der Waals surface area contributed by atoms with Crippen molar-refractivity contribution >= 4 is 5.91 Å². The van der Waals surface area contributed by atoms with Crippen LogP contribution in [0.4, 0.5) is 0 Å². The molecule has 0 aromatic carbocycles. The third-order valence-electron chi connectivity index (χ3n) is 2.57. The first-order valence-corrected chi connectivity index (χ1v) is 5.27. The highest BCUT2D eigenvalue weighted by Gasteiger charge is 2.22. The Morgan fingerprint density at radius 2 is 2.31 bits per heavy atom. The predicted octanol–water partition coefficient (Wildman–Crippen LogP) is 1.13. The number of unbranched alkanes of at least 4 members (excludes halogenated alkanes) is 2. The van der Waals surface area contributed by atoms with Gasteiger partial charge in [0.2, 0.25) is 5.91 Å². The second kappa shape index (κ2) is 5.22. The van der Waals surface area contributed by atoms with Crippen molar-refractivity contribution in [2.24, 2.45) is 5.73 Å². The van der Waals surface area contributed by atoms with E-state index in [0.29, 0.717) is 12.3 Å². The van der Waals surface area contributed by atoms with Crippen molar-refractivity contribution in [1.29, 1.82) is 0 Å². The number of carbonyl (C=O) groups is 1. The zero-order chi connectivity index (χ0) is 9.68. The van der Waals surface area contributed by atoms with Gasteiger partial charge in [0.1, 0.15) is 0 Å². The Morgan fingerprint density at radius 3 is 2.85 bits per heavy atom. The fourth-order valence-electron chi connectivity index (χ4n) is 1.70. The van der Waals surface area contributed by atoms with Crippen molar-refractivity contribution in [3.63, 3.8) is 0 Å². The molecule has 0 aromatic heterocycles. The van der Waals surface area contributed by atoms with Crippen molar-refractivity contribution in [3.05, 3.63) is 0 Å². The predicted molar refractivity (Wildman–Crippen MR) is 53.3 cm³/mol. The lowest BCUT2D eigenvalue weighted by Crippen LogP contribution is -2.31. The van der Waals surface area contributed by atoms with Gasteiger partial charge < -0.3 is 10.6 Å². The average Bonchev–Trinajstić information content (AvgIpc) is 2.52. The van der Waals surface area contributed by atoms with E-state index in [2.05, 4.69) is 6.92 Å². The monoisotopic (exact) mass is 184 g/mol. The Labute approximate surface area is 80.3 Å². The Kier molecular flexibility index (Phi) is 4.22. The van der Waals surface area contributed by atoms with E-state index in [0.717, 1.165) is 32.4 Å². The molecule has 0 spiro atoms. The van der Waals surface area contributed by atoms with Crippen LogP contribution in [0.1, 0.15) is 39.0 Å². The third-order valence-corrected chi connectivity index (χ3v) is 2.57. The first kappa shape index (κ1) is 10.5. The van der Waals surface area contributed by atoms with Gasteiger partial charge in [-0.1, -0.05) is 19.8 Å². The van der Waals surface area contributed by atoms with Crippen LogP contribution >= 0.6 is 0 Å². The van der Waals surface area contributed by atoms with E-state index in [-0.39, 0.29) is 6.04 Å². The van der Waals surface area contributed by atoms with E-state index in [1.807, 2.05) is 4.90 Å². The molecule has 1 atom stereocenters. The number of likely N-dealkylation sites (tertiary alicyclic amines) is 1. The molecule has 13 heavy (non-hydrogen) atoms. The summed E-state index contributed by atoms with van der Waals surface area (Å²) in [5.74, 6) is 0.293. The Bertz CT molecular complexity index is 170. The first-order valence-electron chi connectivity index (χ1n) is 5.27. The summed E-state index contributed by atoms with van der Waals surface area (Å²) < 4.78 is 0. The second-order valence-electron chi connectivity index (χ2n) is 3.85. The number of carbonyl (C=O) groups excluding carboxylic acids is 1. The Balaban J connectivity index is 2.16. The summed E-state index contributed by atoms with van der Waals surface area (Å²) in [7, 11) is 0. The molecular formula is C10H20N2O. The summed E-state index contributed by atoms with van der Waals surface area (Å²) in [6, 6.07) is 0.218. The molecule has 1 fully saturated rings. The van der Waals surface area contributed by atoms with Crippen LogP contribution in [0, 0.1) is 0 Å². The van der Waals surface area contributed by atoms with E-state index in [9.17, 15) is 4.79 Å². The molecule has 1 aliphatic rings. The van der Waals surface area contributed by atoms with Gasteiger partial charge in [-0.2, -0.15) is 0 Å². The van der Waals surface area contributed by atoms with Crippen LogP contribution in [-0.2, 0) is 4.79 Å². The second-order valence-corrected chi connectivity index (χ2v) is 3.85. The summed E-state index contributed by atoms with van der Waals surface area (Å²) in [6.45, 7) is 3.79. The number of nitrogens with zero attached hydrogens (tertiary/aromatic N) is 1. The van der Waals surface area contributed by atoms with Crippen LogP contribution in [0.25, 0.3) is 0 Å². The molecule has 1 amide bonds. The largest absolute Gasteiger partial charge is 0.341 e. The minimum atomic E-state index is 0.218. The normalized spacial score (nSPS) is 22.3. The lowest BCUT2D eigenvalue weighted by atomic mass is 10.2. The molecule has 1 rings (SSSR count). The standard InChI is InChI=1S/C10H20N2O/c1-2-3-4-5-10(13)12-7-6-9(11)8-12/h9H,2-8,11H2,1H3/t9-/m1/s1. The zero-order valence-corrected chi connectivity index (χ0v) is 8.46. The molecular weight excluding hydrogens is 164 g/mol. The number of amides is 1. The highest BCUT2D eigenvalue weighted by molar-refractivity contribution is 5.76. The first-order chi connectivity index (χ1) is 6.24. The van der Waals surface area contributed by atoms with Gasteiger partial charge >= 0.3 is 0 Å². The quantitative estimate of drug-likeness (QED) is 0.666. The SMILES string of the molecule is CCCCCC(=O)N1CC[C@@H](N)C1. The van der Waals surface area contributed by atoms with Gasteiger partial charge in [-0.15, -0.1) is 0 Å². The number of nitrogens with two attached hydrogens (primary N) is 1. The fraction of sp³-hybridized carbons (Fsp3) is 0.900. The molecule has 0 aromatic rings. The van der Waals surface area contributed by atoms with Crippen molar-refractivity contribution < 1.29 is 4.79 Å². The third kappa shape index (κ3) is 3.35. The van der Waals surface area contributed by atoms with Crippen molar-refractivity contribution in [3.8, 4) is 0 Å². The number of rotatable bonds is 4. The topological polar surface area (TPSA) is 46.3 Å². The fourth-order valence-corrected chi connectivity index (χ4v) is 1.70. The molecule has 2 N–H and O–H groups in total. The van der Waals surface area contributed by atoms with Gasteiger partial charge in [0.25, 0.3) is 0 Å². The summed E-state index contributed by atoms with van der Waals surface area (Å²) in [6.07, 6.45) is 5.04. The maximum atomic E-state index is 11.5. The maximum absolute atomic E-state index is 11.5. The molecule has 0 bridgehead atoms. The highest BCUT2D eigenvalue weighted by atomic mass is 16.2. The van der Waals surface area contributed by atoms with Gasteiger partial charge in [-0.05, 0) is 12.8 Å². The Morgan fingerprint density at radius 1 is 1.54 bits per heavy atom. The number of hydrogen-bond acceptors (Lipinski definition) is 2. The van der Waals surface area contributed by atoms with Crippen LogP contribution in [0.15, 0.2) is 0 Å². The van der Waals surface area contributed by atoms with Gasteiger partial charge in [-0.3, -0.25) is 4.79 Å². The van der Waals surface area contributed by atoms with Crippen molar-refractivity contribution in [1.82, 2.24) is 4.90 Å². The highest BCUT2D eigenvalue weighted by Crippen LogP contribution is 2.10. The summed E-state index contributed by atoms with van der Waals surface area (Å²) in [5.41, 5.74) is 5.72. The summed E-state index contributed by atoms with van der Waals surface area (Å²) in [4.78, 5) is 13.4. The van der Waals surface area contributed by atoms with Gasteiger partial charge in [0.15, 0.2) is 0 Å². The van der Waals surface area contributed by atoms with E-state index < -0.39 is 0 Å². The van der Waals surface area contributed by atoms with Gasteiger partial charge in [0, 0.05) is 25.6 Å². The lowest BCUT2D eigenvalue weighted by Gasteiger charge is -2.15. The van der Waals surface area contributed by atoms with Crippen LogP contribution in [0.3, 0.4) is 0 Å². The van der Waals surface area contributed by atoms with Crippen molar-refractivity contribution in [2.75, 3.05) is 13.1 Å². The van der Waals surface area contributed by atoms with E-state index in [1.54, 1.807) is 0 Å². The summed E-state index contributed by atoms with van der Waals surface area (Å²) >= 11 is 0. The molecule has 1 saturated heterocycles. The van der Waals surface area contributed by atoms with Gasteiger partial charge in [-0.25, -0.2) is 0 Å². The molecule has 76 valence electrons. The van der Waals surface area contributed by atoms with Crippen molar-refractivity contribution in [2.45, 2.75) is 45.1 Å². The van der Waals surface area contributed by atoms with Gasteiger partial charge in [0.05, 0.1) is 0 Å². The smallest absolute Gasteiger partial charge is 0.222 e.